The number of alkyl carbamates (subject to hydrolysis) is 2. The number of imidazole rings is 2. The highest BCUT2D eigenvalue weighted by Gasteiger charge is 2.31. The minimum absolute atomic E-state index is 0.166. The van der Waals surface area contributed by atoms with Crippen molar-refractivity contribution in [3.05, 3.63) is 139 Å². The van der Waals surface area contributed by atoms with Crippen LogP contribution in [0, 0.1) is 5.92 Å². The van der Waals surface area contributed by atoms with E-state index in [0.717, 1.165) is 67.5 Å². The first-order valence-corrected chi connectivity index (χ1v) is 22.5. The smallest absolute Gasteiger partial charge is 0.407 e. The fourth-order valence-corrected chi connectivity index (χ4v) is 8.56. The van der Waals surface area contributed by atoms with Crippen molar-refractivity contribution in [3.8, 4) is 28.1 Å². The number of H-pyrrole nitrogens is 2. The van der Waals surface area contributed by atoms with Gasteiger partial charge in [-0.15, -0.1) is 13.2 Å². The molecule has 6 aromatic rings. The predicted octanol–water partition coefficient (Wildman–Crippen LogP) is 9.00. The van der Waals surface area contributed by atoms with Crippen LogP contribution >= 0.6 is 0 Å². The van der Waals surface area contributed by atoms with E-state index >= 15 is 0 Å². The van der Waals surface area contributed by atoms with E-state index in [0.29, 0.717) is 55.7 Å². The quantitative estimate of drug-likeness (QED) is 0.0612. The average Bonchev–Trinajstić information content (AvgIpc) is 3.98. The summed E-state index contributed by atoms with van der Waals surface area (Å²) in [6.45, 7) is 12.9. The molecule has 67 heavy (non-hydrogen) atoms. The molecule has 4 N–H and O–H groups in total. The molecular weight excluding hydrogens is 849 g/mol. The van der Waals surface area contributed by atoms with E-state index < -0.39 is 24.3 Å². The molecule has 3 atom stereocenters. The number of allylic oxidation sites excluding steroid dienone is 2. The fraction of sp³-hybridized carbons (Fsp3) is 0.308. The Morgan fingerprint density at radius 3 is 2.22 bits per heavy atom. The Hall–Kier alpha value is -7.68. The number of aromatic amines is 2. The fourth-order valence-electron chi connectivity index (χ4n) is 8.56. The molecule has 0 spiro atoms. The summed E-state index contributed by atoms with van der Waals surface area (Å²) in [5.41, 5.74) is 8.11. The normalized spacial score (nSPS) is 14.5. The highest BCUT2D eigenvalue weighted by molar-refractivity contribution is 6.07. The van der Waals surface area contributed by atoms with E-state index in [1.807, 2.05) is 62.4 Å². The van der Waals surface area contributed by atoms with Gasteiger partial charge in [0, 0.05) is 30.0 Å². The van der Waals surface area contributed by atoms with Gasteiger partial charge in [-0.25, -0.2) is 19.6 Å². The van der Waals surface area contributed by atoms with Crippen LogP contribution in [-0.4, -0.2) is 87.1 Å². The van der Waals surface area contributed by atoms with Crippen molar-refractivity contribution in [2.24, 2.45) is 5.92 Å². The maximum Gasteiger partial charge on any atom is 0.407 e. The van der Waals surface area contributed by atoms with Crippen molar-refractivity contribution < 1.29 is 33.4 Å². The molecule has 346 valence electrons. The predicted molar refractivity (Wildman–Crippen MR) is 257 cm³/mol. The molecule has 3 heterocycles. The van der Waals surface area contributed by atoms with E-state index in [-0.39, 0.29) is 30.8 Å². The number of methoxy groups -OCH3 is 2. The summed E-state index contributed by atoms with van der Waals surface area (Å²) >= 11 is 0. The SMILES string of the molecule is C=CCCN(Cc1ncc(-c2ccc3c(c2)COc2cc4c(ccc5nc(CN(CCC=C)C(=O)[C@H](NC(=O)OC)c6ccc(C7C=CC7)cc6)[nH]c54)cc2-3)[nH]1)C(=O)[C@@H](NC(=O)OC)C(C)C. The summed E-state index contributed by atoms with van der Waals surface area (Å²) in [5, 5.41) is 7.35. The van der Waals surface area contributed by atoms with Gasteiger partial charge in [0.15, 0.2) is 0 Å². The van der Waals surface area contributed by atoms with Crippen LogP contribution in [0.25, 0.3) is 44.2 Å². The Labute approximate surface area is 389 Å². The Balaban J connectivity index is 1.02. The van der Waals surface area contributed by atoms with Gasteiger partial charge in [-0.3, -0.25) is 9.59 Å². The number of nitrogens with zero attached hydrogens (tertiary/aromatic N) is 4. The summed E-state index contributed by atoms with van der Waals surface area (Å²) < 4.78 is 16.1. The van der Waals surface area contributed by atoms with Gasteiger partial charge in [-0.1, -0.05) is 80.6 Å². The van der Waals surface area contributed by atoms with Gasteiger partial charge in [-0.05, 0) is 82.6 Å². The molecule has 0 fully saturated rings. The molecule has 0 radical (unpaired) electrons. The number of hydrogen-bond acceptors (Lipinski definition) is 9. The summed E-state index contributed by atoms with van der Waals surface area (Å²) in [4.78, 5) is 72.5. The zero-order valence-electron chi connectivity index (χ0n) is 38.3. The molecule has 2 aromatic heterocycles. The molecule has 8 rings (SSSR count). The van der Waals surface area contributed by atoms with Gasteiger partial charge in [-0.2, -0.15) is 0 Å². The molecule has 2 aliphatic rings. The Bertz CT molecular complexity index is 2860. The van der Waals surface area contributed by atoms with Gasteiger partial charge in [0.1, 0.15) is 36.1 Å². The molecule has 1 aliphatic heterocycles. The van der Waals surface area contributed by atoms with Gasteiger partial charge < -0.3 is 44.6 Å². The van der Waals surface area contributed by atoms with Gasteiger partial charge >= 0.3 is 12.2 Å². The summed E-state index contributed by atoms with van der Waals surface area (Å²) in [6.07, 6.45) is 10.3. The third kappa shape index (κ3) is 9.95. The molecule has 15 nitrogen and oxygen atoms in total. The van der Waals surface area contributed by atoms with E-state index in [4.69, 9.17) is 19.2 Å². The number of rotatable bonds is 18. The number of carbonyl (C=O) groups excluding carboxylic acids is 4. The Morgan fingerprint density at radius 2 is 1.55 bits per heavy atom. The molecule has 15 heteroatoms. The number of carbonyl (C=O) groups is 4. The molecule has 1 unspecified atom stereocenters. The Morgan fingerprint density at radius 1 is 0.851 bits per heavy atom. The lowest BCUT2D eigenvalue weighted by molar-refractivity contribution is -0.135. The second-order valence-corrected chi connectivity index (χ2v) is 17.2. The second kappa shape index (κ2) is 20.2. The van der Waals surface area contributed by atoms with E-state index in [2.05, 4.69) is 69.1 Å². The number of amides is 4. The number of nitrogens with one attached hydrogen (secondary N) is 4. The van der Waals surface area contributed by atoms with Gasteiger partial charge in [0.25, 0.3) is 0 Å². The second-order valence-electron chi connectivity index (χ2n) is 17.2. The van der Waals surface area contributed by atoms with Crippen LogP contribution in [0.15, 0.2) is 110 Å². The van der Waals surface area contributed by atoms with Crippen molar-refractivity contribution in [1.29, 1.82) is 0 Å². The lowest BCUT2D eigenvalue weighted by Crippen LogP contribution is -2.51. The summed E-state index contributed by atoms with van der Waals surface area (Å²) in [6, 6.07) is 20.4. The third-order valence-corrected chi connectivity index (χ3v) is 12.4. The zero-order valence-corrected chi connectivity index (χ0v) is 38.3. The molecule has 4 amide bonds. The van der Waals surface area contributed by atoms with Crippen molar-refractivity contribution in [3.63, 3.8) is 0 Å². The maximum atomic E-state index is 14.4. The minimum atomic E-state index is -0.976. The highest BCUT2D eigenvalue weighted by atomic mass is 16.5. The van der Waals surface area contributed by atoms with Crippen LogP contribution < -0.4 is 15.4 Å². The average molecular weight is 905 g/mol. The standard InChI is InChI=1S/C52H56N8O7/c1-7-9-22-59(49(61)46(31(3)4)57-51(63)65-5)28-44-53-27-42(55-44)36-18-20-38-37(24-36)30-67-43-26-39-35(25-40(38)43)19-21-41-48(39)56-45(54-41)29-60(23-10-8-2)50(62)47(58-52(64)66-6)34-16-14-33(15-17-34)32-12-11-13-32/h7-8,11-12,14-21,24-27,31-32,46-47H,1-2,9-10,13,22-23,28-30H2,3-6H3,(H,53,55)(H,54,56)(H,57,63)(H,58,64)/t32?,46-,47+/m0/s1. The zero-order chi connectivity index (χ0) is 47.2. The number of aromatic nitrogens is 4. The lowest BCUT2D eigenvalue weighted by atomic mass is 9.87. The lowest BCUT2D eigenvalue weighted by Gasteiger charge is -2.28. The van der Waals surface area contributed by atoms with E-state index in [9.17, 15) is 19.2 Å². The summed E-state index contributed by atoms with van der Waals surface area (Å²) in [7, 11) is 2.55. The first-order valence-electron chi connectivity index (χ1n) is 22.5. The molecule has 0 bridgehead atoms. The van der Waals surface area contributed by atoms with Gasteiger partial charge in [0.05, 0.1) is 50.2 Å². The first-order chi connectivity index (χ1) is 32.5. The number of benzene rings is 4. The molecular formula is C52H56N8O7. The largest absolute Gasteiger partial charge is 0.488 e. The monoisotopic (exact) mass is 904 g/mol. The van der Waals surface area contributed by atoms with E-state index in [1.165, 1.54) is 14.2 Å². The molecule has 4 aromatic carbocycles. The van der Waals surface area contributed by atoms with Crippen LogP contribution in [-0.2, 0) is 38.8 Å². The van der Waals surface area contributed by atoms with Crippen LogP contribution in [0.4, 0.5) is 9.59 Å². The maximum absolute atomic E-state index is 14.4. The van der Waals surface area contributed by atoms with E-state index in [1.54, 1.807) is 28.1 Å². The van der Waals surface area contributed by atoms with Crippen molar-refractivity contribution in [2.45, 2.75) is 70.8 Å². The van der Waals surface area contributed by atoms with Crippen LogP contribution in [0.2, 0.25) is 0 Å². The first kappa shape index (κ1) is 45.9. The Kier molecular flexibility index (Phi) is 13.9. The summed E-state index contributed by atoms with van der Waals surface area (Å²) in [5.74, 6) is 1.60. The van der Waals surface area contributed by atoms with Crippen molar-refractivity contribution >= 4 is 45.8 Å². The number of hydrogen-bond donors (Lipinski definition) is 4. The topological polar surface area (TPSA) is 184 Å². The third-order valence-electron chi connectivity index (χ3n) is 12.4. The molecule has 0 saturated heterocycles. The van der Waals surface area contributed by atoms with Crippen LogP contribution in [0.5, 0.6) is 5.75 Å². The van der Waals surface area contributed by atoms with Crippen LogP contribution in [0.3, 0.4) is 0 Å². The number of fused-ring (bicyclic) bond motifs is 6. The molecule has 0 saturated carbocycles. The minimum Gasteiger partial charge on any atom is -0.488 e. The van der Waals surface area contributed by atoms with Crippen molar-refractivity contribution in [1.82, 2.24) is 40.4 Å². The highest BCUT2D eigenvalue weighted by Crippen LogP contribution is 2.42. The molecule has 1 aliphatic carbocycles. The van der Waals surface area contributed by atoms with Crippen molar-refractivity contribution in [2.75, 3.05) is 27.3 Å². The van der Waals surface area contributed by atoms with Gasteiger partial charge in [0.2, 0.25) is 11.8 Å². The van der Waals surface area contributed by atoms with Crippen LogP contribution in [0.1, 0.15) is 73.4 Å². The number of ether oxygens (including phenoxy) is 3.